The van der Waals surface area contributed by atoms with Gasteiger partial charge in [-0.1, -0.05) is 18.2 Å². The van der Waals surface area contributed by atoms with Crippen molar-refractivity contribution in [2.75, 3.05) is 32.8 Å². The molecule has 0 radical (unpaired) electrons. The zero-order valence-electron chi connectivity index (χ0n) is 19.3. The Labute approximate surface area is 195 Å². The summed E-state index contributed by atoms with van der Waals surface area (Å²) in [7, 11) is 0. The Bertz CT molecular complexity index is 1020. The van der Waals surface area contributed by atoms with Crippen LogP contribution in [0.5, 0.6) is 5.75 Å². The van der Waals surface area contributed by atoms with Gasteiger partial charge in [-0.2, -0.15) is 0 Å². The van der Waals surface area contributed by atoms with Crippen LogP contribution in [0.4, 0.5) is 4.79 Å². The Balaban J connectivity index is 1.21. The summed E-state index contributed by atoms with van der Waals surface area (Å²) in [5.41, 5.74) is 3.03. The summed E-state index contributed by atoms with van der Waals surface area (Å²) in [5.74, 6) is 1.00. The second-order valence-electron chi connectivity index (χ2n) is 9.30. The van der Waals surface area contributed by atoms with E-state index < -0.39 is 5.54 Å². The van der Waals surface area contributed by atoms with Gasteiger partial charge in [0, 0.05) is 51.5 Å². The van der Waals surface area contributed by atoms with Crippen molar-refractivity contribution in [3.63, 3.8) is 0 Å². The van der Waals surface area contributed by atoms with Crippen molar-refractivity contribution in [2.45, 2.75) is 51.1 Å². The van der Waals surface area contributed by atoms with Crippen LogP contribution in [0, 0.1) is 0 Å². The summed E-state index contributed by atoms with van der Waals surface area (Å²) >= 11 is 0. The number of rotatable bonds is 7. The SMILES string of the molecule is CCN1C(=O)N(CCCc2cccnc2)C(=O)C12CCN(Cc1ccc3c(c1)CCO3)CC2. The predicted octanol–water partition coefficient (Wildman–Crippen LogP) is 3.27. The first-order chi connectivity index (χ1) is 16.1. The maximum atomic E-state index is 13.5. The van der Waals surface area contributed by atoms with Crippen LogP contribution in [0.2, 0.25) is 0 Å². The maximum absolute atomic E-state index is 13.5. The van der Waals surface area contributed by atoms with E-state index in [2.05, 4.69) is 28.1 Å². The molecule has 33 heavy (non-hydrogen) atoms. The number of imide groups is 1. The van der Waals surface area contributed by atoms with E-state index in [0.29, 0.717) is 25.9 Å². The topological polar surface area (TPSA) is 66.0 Å². The Morgan fingerprint density at radius 3 is 2.73 bits per heavy atom. The molecule has 2 fully saturated rings. The number of hydrogen-bond donors (Lipinski definition) is 0. The van der Waals surface area contributed by atoms with Crippen LogP contribution in [0.15, 0.2) is 42.7 Å². The molecule has 1 spiro atoms. The lowest BCUT2D eigenvalue weighted by molar-refractivity contribution is -0.135. The predicted molar refractivity (Wildman–Crippen MR) is 125 cm³/mol. The van der Waals surface area contributed by atoms with E-state index in [9.17, 15) is 9.59 Å². The van der Waals surface area contributed by atoms with Gasteiger partial charge in [0.1, 0.15) is 11.3 Å². The summed E-state index contributed by atoms with van der Waals surface area (Å²) in [6.45, 7) is 6.27. The molecular weight excluding hydrogens is 416 g/mol. The number of aromatic nitrogens is 1. The van der Waals surface area contributed by atoms with Crippen molar-refractivity contribution in [1.82, 2.24) is 19.7 Å². The number of carbonyl (C=O) groups excluding carboxylic acids is 2. The third-order valence-electron chi connectivity index (χ3n) is 7.35. The molecule has 1 aromatic heterocycles. The molecule has 0 saturated carbocycles. The van der Waals surface area contributed by atoms with Crippen LogP contribution in [0.3, 0.4) is 0 Å². The number of ether oxygens (including phenoxy) is 1. The smallest absolute Gasteiger partial charge is 0.327 e. The maximum Gasteiger partial charge on any atom is 0.327 e. The van der Waals surface area contributed by atoms with Crippen molar-refractivity contribution < 1.29 is 14.3 Å². The van der Waals surface area contributed by atoms with E-state index in [1.807, 2.05) is 30.2 Å². The van der Waals surface area contributed by atoms with Crippen LogP contribution in [-0.2, 0) is 24.2 Å². The van der Waals surface area contributed by atoms with Gasteiger partial charge in [-0.15, -0.1) is 0 Å². The summed E-state index contributed by atoms with van der Waals surface area (Å²) < 4.78 is 5.62. The van der Waals surface area contributed by atoms with Crippen LogP contribution < -0.4 is 4.74 Å². The number of likely N-dealkylation sites (tertiary alicyclic amines) is 1. The first-order valence-electron chi connectivity index (χ1n) is 12.1. The van der Waals surface area contributed by atoms with E-state index in [4.69, 9.17) is 4.74 Å². The van der Waals surface area contributed by atoms with Crippen molar-refractivity contribution in [3.05, 3.63) is 59.4 Å². The number of nitrogens with zero attached hydrogens (tertiary/aromatic N) is 4. The molecule has 3 aliphatic rings. The Kier molecular flexibility index (Phi) is 6.06. The third-order valence-corrected chi connectivity index (χ3v) is 7.35. The number of pyridine rings is 1. The number of urea groups is 1. The van der Waals surface area contributed by atoms with Crippen molar-refractivity contribution >= 4 is 11.9 Å². The Morgan fingerprint density at radius 2 is 1.97 bits per heavy atom. The van der Waals surface area contributed by atoms with Crippen LogP contribution in [0.25, 0.3) is 0 Å². The molecule has 0 atom stereocenters. The highest BCUT2D eigenvalue weighted by Crippen LogP contribution is 2.38. The van der Waals surface area contributed by atoms with E-state index in [1.165, 1.54) is 16.0 Å². The minimum Gasteiger partial charge on any atom is -0.493 e. The first-order valence-corrected chi connectivity index (χ1v) is 12.1. The molecule has 0 unspecified atom stereocenters. The zero-order chi connectivity index (χ0) is 22.8. The molecule has 7 heteroatoms. The van der Waals surface area contributed by atoms with Crippen molar-refractivity contribution in [1.29, 1.82) is 0 Å². The summed E-state index contributed by atoms with van der Waals surface area (Å²) in [5, 5.41) is 0. The third kappa shape index (κ3) is 4.10. The number of fused-ring (bicyclic) bond motifs is 1. The van der Waals surface area contributed by atoms with Gasteiger partial charge in [-0.05, 0) is 61.4 Å². The number of likely N-dealkylation sites (N-methyl/N-ethyl adjacent to an activating group) is 1. The fraction of sp³-hybridized carbons (Fsp3) is 0.500. The standard InChI is InChI=1S/C26H32N4O3/c1-2-30-25(32)29(13-4-6-20-5-3-12-27-18-20)24(31)26(30)10-14-28(15-11-26)19-21-7-8-23-22(17-21)9-16-33-23/h3,5,7-8,12,17-18H,2,4,6,9-11,13-16,19H2,1H3. The highest BCUT2D eigenvalue weighted by molar-refractivity contribution is 6.07. The molecule has 174 valence electrons. The van der Waals surface area contributed by atoms with Crippen LogP contribution >= 0.6 is 0 Å². The first kappa shape index (κ1) is 21.9. The van der Waals surface area contributed by atoms with Crippen molar-refractivity contribution in [2.24, 2.45) is 0 Å². The Morgan fingerprint density at radius 1 is 1.12 bits per heavy atom. The van der Waals surface area contributed by atoms with Gasteiger partial charge in [-0.3, -0.25) is 19.6 Å². The fourth-order valence-corrected chi connectivity index (χ4v) is 5.57. The molecular formula is C26H32N4O3. The number of piperidine rings is 1. The fourth-order valence-electron chi connectivity index (χ4n) is 5.57. The van der Waals surface area contributed by atoms with Gasteiger partial charge in [0.25, 0.3) is 5.91 Å². The zero-order valence-corrected chi connectivity index (χ0v) is 19.3. The summed E-state index contributed by atoms with van der Waals surface area (Å²) in [6.07, 6.45) is 7.53. The van der Waals surface area contributed by atoms with E-state index in [0.717, 1.165) is 56.8 Å². The molecule has 2 saturated heterocycles. The number of aryl methyl sites for hydroxylation is 1. The molecule has 3 amide bonds. The number of amides is 3. The molecule has 0 aliphatic carbocycles. The minimum atomic E-state index is -0.678. The number of carbonyl (C=O) groups is 2. The van der Waals surface area contributed by atoms with Crippen LogP contribution in [-0.4, -0.2) is 69.9 Å². The van der Waals surface area contributed by atoms with E-state index in [1.54, 1.807) is 6.20 Å². The molecule has 3 aliphatic heterocycles. The Hall–Kier alpha value is -2.93. The van der Waals surface area contributed by atoms with Crippen LogP contribution in [0.1, 0.15) is 42.9 Å². The second kappa shape index (κ2) is 9.14. The van der Waals surface area contributed by atoms with Gasteiger partial charge >= 0.3 is 6.03 Å². The average molecular weight is 449 g/mol. The normalized spacial score (nSPS) is 19.9. The quantitative estimate of drug-likeness (QED) is 0.609. The van der Waals surface area contributed by atoms with Gasteiger partial charge in [0.15, 0.2) is 0 Å². The highest BCUT2D eigenvalue weighted by atomic mass is 16.5. The number of hydrogen-bond acceptors (Lipinski definition) is 5. The van der Waals surface area contributed by atoms with Crippen molar-refractivity contribution in [3.8, 4) is 5.75 Å². The van der Waals surface area contributed by atoms with Gasteiger partial charge in [-0.25, -0.2) is 4.79 Å². The van der Waals surface area contributed by atoms with Gasteiger partial charge in [0.2, 0.25) is 0 Å². The van der Waals surface area contributed by atoms with E-state index >= 15 is 0 Å². The molecule has 7 nitrogen and oxygen atoms in total. The lowest BCUT2D eigenvalue weighted by atomic mass is 9.85. The lowest BCUT2D eigenvalue weighted by Crippen LogP contribution is -2.56. The largest absolute Gasteiger partial charge is 0.493 e. The second-order valence-corrected chi connectivity index (χ2v) is 9.30. The lowest BCUT2D eigenvalue weighted by Gasteiger charge is -2.42. The van der Waals surface area contributed by atoms with Gasteiger partial charge < -0.3 is 9.64 Å². The summed E-state index contributed by atoms with van der Waals surface area (Å²) in [4.78, 5) is 36.5. The average Bonchev–Trinajstić information content (AvgIpc) is 3.38. The molecule has 0 bridgehead atoms. The van der Waals surface area contributed by atoms with Gasteiger partial charge in [0.05, 0.1) is 6.61 Å². The molecule has 0 N–H and O–H groups in total. The minimum absolute atomic E-state index is 0.00475. The number of benzene rings is 1. The monoisotopic (exact) mass is 448 g/mol. The van der Waals surface area contributed by atoms with E-state index in [-0.39, 0.29) is 11.9 Å². The molecule has 4 heterocycles. The summed E-state index contributed by atoms with van der Waals surface area (Å²) in [6, 6.07) is 10.3. The molecule has 2 aromatic rings. The highest BCUT2D eigenvalue weighted by Gasteiger charge is 2.57. The molecule has 5 rings (SSSR count). The molecule has 1 aromatic carbocycles.